The van der Waals surface area contributed by atoms with Crippen LogP contribution in [0.3, 0.4) is 0 Å². The van der Waals surface area contributed by atoms with E-state index in [-0.39, 0.29) is 5.54 Å². The topological polar surface area (TPSA) is 28.4 Å². The van der Waals surface area contributed by atoms with Crippen LogP contribution in [0.1, 0.15) is 19.6 Å². The van der Waals surface area contributed by atoms with Gasteiger partial charge in [-0.3, -0.25) is 0 Å². The summed E-state index contributed by atoms with van der Waals surface area (Å²) in [4.78, 5) is 2.21. The molecule has 0 atom stereocenters. The van der Waals surface area contributed by atoms with E-state index in [4.69, 9.17) is 4.42 Å². The van der Waals surface area contributed by atoms with E-state index in [0.717, 1.165) is 23.5 Å². The first-order valence-electron chi connectivity index (χ1n) is 5.04. The Morgan fingerprint density at radius 1 is 1.40 bits per heavy atom. The molecule has 4 heteroatoms. The highest BCUT2D eigenvalue weighted by Gasteiger charge is 2.19. The molecule has 0 amide bonds. The highest BCUT2D eigenvalue weighted by atomic mass is 79.9. The smallest absolute Gasteiger partial charge is 0.169 e. The second kappa shape index (κ2) is 5.14. The van der Waals surface area contributed by atoms with E-state index in [1.165, 1.54) is 0 Å². The van der Waals surface area contributed by atoms with E-state index in [9.17, 15) is 0 Å². The summed E-state index contributed by atoms with van der Waals surface area (Å²) in [6.07, 6.45) is 0. The molecule has 1 rings (SSSR count). The van der Waals surface area contributed by atoms with Crippen molar-refractivity contribution in [2.45, 2.75) is 25.9 Å². The van der Waals surface area contributed by atoms with Crippen LogP contribution in [0.15, 0.2) is 21.2 Å². The summed E-state index contributed by atoms with van der Waals surface area (Å²) in [6, 6.07) is 3.88. The summed E-state index contributed by atoms with van der Waals surface area (Å²) in [5.74, 6) is 0.955. The molecular weight excluding hydrogens is 256 g/mol. The summed E-state index contributed by atoms with van der Waals surface area (Å²) in [7, 11) is 4.18. The molecule has 0 saturated heterocycles. The lowest BCUT2D eigenvalue weighted by Crippen LogP contribution is -2.46. The number of nitrogens with zero attached hydrogens (tertiary/aromatic N) is 1. The van der Waals surface area contributed by atoms with Gasteiger partial charge in [-0.05, 0) is 56.0 Å². The van der Waals surface area contributed by atoms with Crippen molar-refractivity contribution in [3.8, 4) is 0 Å². The Hall–Kier alpha value is -0.320. The molecule has 0 aromatic carbocycles. The van der Waals surface area contributed by atoms with E-state index in [1.54, 1.807) is 0 Å². The van der Waals surface area contributed by atoms with Gasteiger partial charge < -0.3 is 14.6 Å². The number of furan rings is 1. The first kappa shape index (κ1) is 12.7. The molecule has 0 fully saturated rings. The van der Waals surface area contributed by atoms with E-state index in [0.29, 0.717) is 0 Å². The minimum absolute atomic E-state index is 0.157. The van der Waals surface area contributed by atoms with Gasteiger partial charge in [0.25, 0.3) is 0 Å². The SMILES string of the molecule is CN(C)C(C)(C)CNCc1ccc(Br)o1. The van der Waals surface area contributed by atoms with Crippen LogP contribution in [-0.4, -0.2) is 31.1 Å². The van der Waals surface area contributed by atoms with Crippen LogP contribution in [0, 0.1) is 0 Å². The Labute approximate surface area is 100.0 Å². The molecule has 1 aromatic rings. The zero-order chi connectivity index (χ0) is 11.5. The van der Waals surface area contributed by atoms with Crippen molar-refractivity contribution in [1.82, 2.24) is 10.2 Å². The largest absolute Gasteiger partial charge is 0.453 e. The van der Waals surface area contributed by atoms with Crippen molar-refractivity contribution >= 4 is 15.9 Å². The van der Waals surface area contributed by atoms with Crippen molar-refractivity contribution in [3.63, 3.8) is 0 Å². The van der Waals surface area contributed by atoms with Crippen LogP contribution in [-0.2, 0) is 6.54 Å². The van der Waals surface area contributed by atoms with Crippen molar-refractivity contribution < 1.29 is 4.42 Å². The number of hydrogen-bond acceptors (Lipinski definition) is 3. The van der Waals surface area contributed by atoms with Crippen LogP contribution < -0.4 is 5.32 Å². The van der Waals surface area contributed by atoms with Gasteiger partial charge in [-0.1, -0.05) is 0 Å². The van der Waals surface area contributed by atoms with Crippen LogP contribution in [0.2, 0.25) is 0 Å². The number of nitrogens with one attached hydrogen (secondary N) is 1. The summed E-state index contributed by atoms with van der Waals surface area (Å²) in [5, 5.41) is 3.38. The van der Waals surface area contributed by atoms with E-state index < -0.39 is 0 Å². The predicted molar refractivity (Wildman–Crippen MR) is 65.9 cm³/mol. The third kappa shape index (κ3) is 3.97. The predicted octanol–water partition coefficient (Wildman–Crippen LogP) is 2.47. The Morgan fingerprint density at radius 3 is 2.53 bits per heavy atom. The second-order valence-corrected chi connectivity index (χ2v) is 5.30. The van der Waals surface area contributed by atoms with Gasteiger partial charge in [0.05, 0.1) is 6.54 Å². The van der Waals surface area contributed by atoms with Gasteiger partial charge >= 0.3 is 0 Å². The van der Waals surface area contributed by atoms with Gasteiger partial charge in [0.15, 0.2) is 4.67 Å². The molecule has 0 aliphatic heterocycles. The molecule has 0 radical (unpaired) electrons. The van der Waals surface area contributed by atoms with E-state index in [2.05, 4.69) is 54.1 Å². The quantitative estimate of drug-likeness (QED) is 0.894. The second-order valence-electron chi connectivity index (χ2n) is 4.52. The van der Waals surface area contributed by atoms with Crippen LogP contribution in [0.25, 0.3) is 0 Å². The zero-order valence-electron chi connectivity index (χ0n) is 9.80. The Bertz CT molecular complexity index is 307. The third-order valence-corrected chi connectivity index (χ3v) is 3.12. The lowest BCUT2D eigenvalue weighted by atomic mass is 10.0. The standard InChI is InChI=1S/C11H19BrN2O/c1-11(2,14(3)4)8-13-7-9-5-6-10(12)15-9/h5-6,13H,7-8H2,1-4H3. The summed E-state index contributed by atoms with van der Waals surface area (Å²) in [5.41, 5.74) is 0.157. The van der Waals surface area contributed by atoms with Crippen LogP contribution in [0.5, 0.6) is 0 Å². The Kier molecular flexibility index (Phi) is 4.37. The van der Waals surface area contributed by atoms with Gasteiger partial charge in [-0.15, -0.1) is 0 Å². The summed E-state index contributed by atoms with van der Waals surface area (Å²) < 4.78 is 6.18. The van der Waals surface area contributed by atoms with E-state index in [1.807, 2.05) is 12.1 Å². The van der Waals surface area contributed by atoms with Gasteiger partial charge in [-0.25, -0.2) is 0 Å². The molecule has 3 nitrogen and oxygen atoms in total. The molecule has 0 bridgehead atoms. The fraction of sp³-hybridized carbons (Fsp3) is 0.636. The van der Waals surface area contributed by atoms with Crippen LogP contribution in [0.4, 0.5) is 0 Å². The lowest BCUT2D eigenvalue weighted by molar-refractivity contribution is 0.188. The van der Waals surface area contributed by atoms with Crippen molar-refractivity contribution in [1.29, 1.82) is 0 Å². The number of halogens is 1. The van der Waals surface area contributed by atoms with Gasteiger partial charge in [0.2, 0.25) is 0 Å². The highest BCUT2D eigenvalue weighted by Crippen LogP contribution is 2.14. The summed E-state index contributed by atoms with van der Waals surface area (Å²) in [6.45, 7) is 6.11. The molecule has 0 spiro atoms. The number of likely N-dealkylation sites (N-methyl/N-ethyl adjacent to an activating group) is 1. The monoisotopic (exact) mass is 274 g/mol. The highest BCUT2D eigenvalue weighted by molar-refractivity contribution is 9.10. The lowest BCUT2D eigenvalue weighted by Gasteiger charge is -2.32. The fourth-order valence-electron chi connectivity index (χ4n) is 1.10. The molecule has 0 saturated carbocycles. The first-order valence-corrected chi connectivity index (χ1v) is 5.83. The molecule has 1 aromatic heterocycles. The molecule has 1 heterocycles. The molecular formula is C11H19BrN2O. The molecule has 0 aliphatic rings. The maximum atomic E-state index is 5.40. The van der Waals surface area contributed by atoms with Gasteiger partial charge in [0, 0.05) is 12.1 Å². The third-order valence-electron chi connectivity index (χ3n) is 2.70. The van der Waals surface area contributed by atoms with E-state index >= 15 is 0 Å². The average Bonchev–Trinajstić information content (AvgIpc) is 2.51. The molecule has 86 valence electrons. The van der Waals surface area contributed by atoms with Gasteiger partial charge in [0.1, 0.15) is 5.76 Å². The van der Waals surface area contributed by atoms with Crippen molar-refractivity contribution in [3.05, 3.63) is 22.6 Å². The average molecular weight is 275 g/mol. The minimum Gasteiger partial charge on any atom is -0.453 e. The zero-order valence-corrected chi connectivity index (χ0v) is 11.4. The molecule has 1 N–H and O–H groups in total. The summed E-state index contributed by atoms with van der Waals surface area (Å²) >= 11 is 3.28. The molecule has 15 heavy (non-hydrogen) atoms. The number of hydrogen-bond donors (Lipinski definition) is 1. The van der Waals surface area contributed by atoms with Crippen LogP contribution >= 0.6 is 15.9 Å². The Balaban J connectivity index is 2.33. The van der Waals surface area contributed by atoms with Crippen molar-refractivity contribution in [2.24, 2.45) is 0 Å². The number of rotatable bonds is 5. The molecule has 0 unspecified atom stereocenters. The minimum atomic E-state index is 0.157. The van der Waals surface area contributed by atoms with Gasteiger partial charge in [-0.2, -0.15) is 0 Å². The fourth-order valence-corrected chi connectivity index (χ4v) is 1.44. The maximum Gasteiger partial charge on any atom is 0.169 e. The first-order chi connectivity index (χ1) is 6.92. The van der Waals surface area contributed by atoms with Crippen molar-refractivity contribution in [2.75, 3.05) is 20.6 Å². The Morgan fingerprint density at radius 2 is 2.07 bits per heavy atom. The maximum absolute atomic E-state index is 5.40. The normalized spacial score (nSPS) is 12.4. The molecule has 0 aliphatic carbocycles.